The van der Waals surface area contributed by atoms with Gasteiger partial charge in [0.15, 0.2) is 33.1 Å². The first-order chi connectivity index (χ1) is 12.3. The Morgan fingerprint density at radius 3 is 2.31 bits per heavy atom. The van der Waals surface area contributed by atoms with Crippen LogP contribution in [0.4, 0.5) is 13.2 Å². The number of hydrogen-bond donors (Lipinski definition) is 1. The number of ketones is 1. The van der Waals surface area contributed by atoms with Crippen LogP contribution < -0.4 is 5.32 Å². The summed E-state index contributed by atoms with van der Waals surface area (Å²) in [7, 11) is -3.70. The SMILES string of the molecule is O=C1CCCC2=C1C(c1cc(F)c(F)c(F)c1)C1=C(CCCS1(=O)=O)N2. The number of carbonyl (C=O) groups excluding carboxylic acids is 1. The van der Waals surface area contributed by atoms with E-state index in [-0.39, 0.29) is 34.0 Å². The predicted molar refractivity (Wildman–Crippen MR) is 88.1 cm³/mol. The molecule has 1 aromatic carbocycles. The lowest BCUT2D eigenvalue weighted by molar-refractivity contribution is -0.116. The van der Waals surface area contributed by atoms with E-state index in [1.54, 1.807) is 0 Å². The number of hydrogen-bond acceptors (Lipinski definition) is 4. The molecule has 2 heterocycles. The molecule has 3 aliphatic rings. The summed E-state index contributed by atoms with van der Waals surface area (Å²) in [5, 5.41) is 3.08. The van der Waals surface area contributed by atoms with E-state index in [4.69, 9.17) is 0 Å². The molecule has 1 unspecified atom stereocenters. The second-order valence-electron chi connectivity index (χ2n) is 6.79. The maximum atomic E-state index is 13.8. The van der Waals surface area contributed by atoms with Crippen molar-refractivity contribution in [2.45, 2.75) is 38.0 Å². The van der Waals surface area contributed by atoms with Crippen LogP contribution in [0.1, 0.15) is 43.6 Å². The lowest BCUT2D eigenvalue weighted by Gasteiger charge is -2.37. The van der Waals surface area contributed by atoms with Crippen LogP contribution >= 0.6 is 0 Å². The second-order valence-corrected chi connectivity index (χ2v) is 8.87. The predicted octanol–water partition coefficient (Wildman–Crippen LogP) is 3.22. The Bertz CT molecular complexity index is 972. The van der Waals surface area contributed by atoms with Gasteiger partial charge in [-0.25, -0.2) is 21.6 Å². The number of allylic oxidation sites excluding steroid dienone is 4. The third kappa shape index (κ3) is 2.58. The molecular formula is C18H16F3NO3S. The maximum absolute atomic E-state index is 13.8. The number of halogens is 3. The molecule has 1 N–H and O–H groups in total. The van der Waals surface area contributed by atoms with Gasteiger partial charge in [-0.2, -0.15) is 0 Å². The summed E-state index contributed by atoms with van der Waals surface area (Å²) in [4.78, 5) is 12.5. The lowest BCUT2D eigenvalue weighted by atomic mass is 9.79. The quantitative estimate of drug-likeness (QED) is 0.757. The van der Waals surface area contributed by atoms with Crippen LogP contribution in [0.15, 0.2) is 34.0 Å². The van der Waals surface area contributed by atoms with Gasteiger partial charge in [-0.1, -0.05) is 0 Å². The van der Waals surface area contributed by atoms with Gasteiger partial charge < -0.3 is 5.32 Å². The lowest BCUT2D eigenvalue weighted by Crippen LogP contribution is -2.37. The molecule has 4 nitrogen and oxygen atoms in total. The van der Waals surface area contributed by atoms with Crippen molar-refractivity contribution in [3.05, 3.63) is 57.0 Å². The smallest absolute Gasteiger partial charge is 0.194 e. The Kier molecular flexibility index (Phi) is 3.98. The average Bonchev–Trinajstić information content (AvgIpc) is 2.57. The molecule has 1 atom stereocenters. The summed E-state index contributed by atoms with van der Waals surface area (Å²) < 4.78 is 66.5. The molecule has 0 saturated carbocycles. The molecule has 0 spiro atoms. The normalized spacial score (nSPS) is 24.9. The Morgan fingerprint density at radius 2 is 1.62 bits per heavy atom. The molecule has 0 aromatic heterocycles. The minimum atomic E-state index is -3.70. The fourth-order valence-electron chi connectivity index (χ4n) is 4.04. The Labute approximate surface area is 148 Å². The number of benzene rings is 1. The highest BCUT2D eigenvalue weighted by Crippen LogP contribution is 2.47. The van der Waals surface area contributed by atoms with Crippen molar-refractivity contribution in [1.29, 1.82) is 0 Å². The van der Waals surface area contributed by atoms with E-state index in [0.29, 0.717) is 37.1 Å². The van der Waals surface area contributed by atoms with E-state index in [1.807, 2.05) is 0 Å². The zero-order valence-electron chi connectivity index (χ0n) is 13.7. The first-order valence-electron chi connectivity index (χ1n) is 8.43. The number of rotatable bonds is 1. The Hall–Kier alpha value is -2.09. The Balaban J connectivity index is 1.99. The van der Waals surface area contributed by atoms with Crippen molar-refractivity contribution in [3.63, 3.8) is 0 Å². The van der Waals surface area contributed by atoms with Crippen molar-refractivity contribution in [2.24, 2.45) is 0 Å². The van der Waals surface area contributed by atoms with Gasteiger partial charge in [-0.3, -0.25) is 4.79 Å². The van der Waals surface area contributed by atoms with Gasteiger partial charge in [-0.05, 0) is 43.4 Å². The molecular weight excluding hydrogens is 367 g/mol. The number of nitrogens with one attached hydrogen (secondary N) is 1. The van der Waals surface area contributed by atoms with Gasteiger partial charge in [0, 0.05) is 23.4 Å². The second kappa shape index (κ2) is 5.97. The van der Waals surface area contributed by atoms with E-state index in [2.05, 4.69) is 5.32 Å². The standard InChI is InChI=1S/C18H16F3NO3S/c19-10-7-9(8-11(20)17(10)21)15-16-12(3-1-5-14(16)23)22-13-4-2-6-26(24,25)18(13)15/h7-8,15,22H,1-6H2. The average molecular weight is 383 g/mol. The summed E-state index contributed by atoms with van der Waals surface area (Å²) >= 11 is 0. The number of dihydropyridines is 1. The van der Waals surface area contributed by atoms with Crippen molar-refractivity contribution in [3.8, 4) is 0 Å². The van der Waals surface area contributed by atoms with Crippen LogP contribution in [-0.4, -0.2) is 20.0 Å². The highest BCUT2D eigenvalue weighted by Gasteiger charge is 2.43. The summed E-state index contributed by atoms with van der Waals surface area (Å²) in [6, 6.07) is 1.57. The van der Waals surface area contributed by atoms with Crippen LogP contribution in [0.2, 0.25) is 0 Å². The van der Waals surface area contributed by atoms with Crippen molar-refractivity contribution in [1.82, 2.24) is 5.32 Å². The minimum absolute atomic E-state index is 0.0110. The van der Waals surface area contributed by atoms with Gasteiger partial charge in [0.1, 0.15) is 0 Å². The fourth-order valence-corrected chi connectivity index (χ4v) is 5.93. The number of Topliss-reactive ketones (excluding diaryl/α,β-unsaturated/α-hetero) is 1. The Morgan fingerprint density at radius 1 is 0.962 bits per heavy atom. The zero-order valence-corrected chi connectivity index (χ0v) is 14.6. The van der Waals surface area contributed by atoms with Crippen LogP contribution in [0.3, 0.4) is 0 Å². The van der Waals surface area contributed by atoms with Crippen molar-refractivity contribution in [2.75, 3.05) is 5.75 Å². The van der Waals surface area contributed by atoms with Gasteiger partial charge in [0.05, 0.1) is 16.6 Å². The molecule has 8 heteroatoms. The van der Waals surface area contributed by atoms with Crippen LogP contribution in [0.5, 0.6) is 0 Å². The molecule has 138 valence electrons. The number of carbonyl (C=O) groups is 1. The number of sulfone groups is 1. The zero-order chi connectivity index (χ0) is 18.6. The molecule has 4 rings (SSSR count). The van der Waals surface area contributed by atoms with Gasteiger partial charge >= 0.3 is 0 Å². The first kappa shape index (κ1) is 17.3. The molecule has 0 radical (unpaired) electrons. The molecule has 0 bridgehead atoms. The van der Waals surface area contributed by atoms with E-state index in [1.165, 1.54) is 0 Å². The summed E-state index contributed by atoms with van der Waals surface area (Å²) in [6.07, 6.45) is 2.33. The summed E-state index contributed by atoms with van der Waals surface area (Å²) in [5.74, 6) is -5.86. The highest BCUT2D eigenvalue weighted by molar-refractivity contribution is 7.95. The van der Waals surface area contributed by atoms with Crippen LogP contribution in [0.25, 0.3) is 0 Å². The van der Waals surface area contributed by atoms with Crippen molar-refractivity contribution < 1.29 is 26.4 Å². The third-order valence-corrected chi connectivity index (χ3v) is 7.10. The maximum Gasteiger partial charge on any atom is 0.194 e. The van der Waals surface area contributed by atoms with E-state index < -0.39 is 33.2 Å². The summed E-state index contributed by atoms with van der Waals surface area (Å²) in [6.45, 7) is 0. The topological polar surface area (TPSA) is 63.2 Å². The summed E-state index contributed by atoms with van der Waals surface area (Å²) in [5.41, 5.74) is 1.25. The molecule has 2 aliphatic heterocycles. The van der Waals surface area contributed by atoms with Gasteiger partial charge in [-0.15, -0.1) is 0 Å². The highest BCUT2D eigenvalue weighted by atomic mass is 32.2. The van der Waals surface area contributed by atoms with Crippen LogP contribution in [-0.2, 0) is 14.6 Å². The largest absolute Gasteiger partial charge is 0.361 e. The van der Waals surface area contributed by atoms with E-state index in [0.717, 1.165) is 12.1 Å². The molecule has 26 heavy (non-hydrogen) atoms. The minimum Gasteiger partial charge on any atom is -0.361 e. The third-order valence-electron chi connectivity index (χ3n) is 5.12. The molecule has 1 aliphatic carbocycles. The van der Waals surface area contributed by atoms with Crippen molar-refractivity contribution >= 4 is 15.6 Å². The van der Waals surface area contributed by atoms with Gasteiger partial charge in [0.25, 0.3) is 0 Å². The molecule has 0 fully saturated rings. The van der Waals surface area contributed by atoms with E-state index >= 15 is 0 Å². The molecule has 0 saturated heterocycles. The van der Waals surface area contributed by atoms with Gasteiger partial charge in [0.2, 0.25) is 0 Å². The van der Waals surface area contributed by atoms with E-state index in [9.17, 15) is 26.4 Å². The monoisotopic (exact) mass is 383 g/mol. The molecule has 1 aromatic rings. The van der Waals surface area contributed by atoms with Crippen LogP contribution in [0, 0.1) is 17.5 Å². The molecule has 0 amide bonds. The first-order valence-corrected chi connectivity index (χ1v) is 10.1. The fraction of sp³-hybridized carbons (Fsp3) is 0.389.